The average molecular weight is 562 g/mol. The number of nitrogens with zero attached hydrogens (tertiary/aromatic N) is 5. The molecule has 0 radical (unpaired) electrons. The Labute approximate surface area is 223 Å². The van der Waals surface area contributed by atoms with Crippen molar-refractivity contribution in [2.45, 2.75) is 44.6 Å². The number of hydrogen-bond donors (Lipinski definition) is 2. The Bertz CT molecular complexity index is 1550. The zero-order valence-electron chi connectivity index (χ0n) is 21.3. The van der Waals surface area contributed by atoms with Gasteiger partial charge in [0.25, 0.3) is 0 Å². The molecule has 4 heterocycles. The molecule has 2 N–H and O–H groups in total. The SMILES string of the molecule is CC(=O)N1C2CCC1c1cc(Nc3ncc(C(F)(F)F)c(NCc4cccnc4N(C)S(C)(=O)=O)n3)ccc12. The van der Waals surface area contributed by atoms with Gasteiger partial charge in [-0.05, 0) is 42.2 Å². The molecule has 2 bridgehead atoms. The molecule has 14 heteroatoms. The molecule has 2 atom stereocenters. The van der Waals surface area contributed by atoms with E-state index >= 15 is 0 Å². The standard InChI is InChI=1S/C25H26F3N7O3S/c1-14(36)35-20-8-9-21(35)18-11-16(6-7-17(18)20)32-24-31-13-19(25(26,27)28)22(33-24)30-12-15-5-4-10-29-23(15)34(2)39(3,37)38/h4-7,10-11,13,20-21H,8-9,12H2,1-3H3,(H2,30,31,32,33). The minimum atomic E-state index is -4.73. The Morgan fingerprint density at radius 2 is 1.87 bits per heavy atom. The van der Waals surface area contributed by atoms with Crippen LogP contribution in [-0.4, -0.2) is 47.5 Å². The number of anilines is 4. The van der Waals surface area contributed by atoms with Crippen LogP contribution in [0.4, 0.5) is 36.4 Å². The summed E-state index contributed by atoms with van der Waals surface area (Å²) in [5, 5.41) is 5.65. The molecule has 5 rings (SSSR count). The van der Waals surface area contributed by atoms with E-state index in [2.05, 4.69) is 25.6 Å². The lowest BCUT2D eigenvalue weighted by Gasteiger charge is -2.20. The number of sulfonamides is 1. The van der Waals surface area contributed by atoms with Crippen molar-refractivity contribution in [3.05, 3.63) is 65.0 Å². The molecule has 1 fully saturated rings. The summed E-state index contributed by atoms with van der Waals surface area (Å²) in [6.45, 7) is 1.37. The summed E-state index contributed by atoms with van der Waals surface area (Å²) in [4.78, 5) is 26.0. The van der Waals surface area contributed by atoms with Gasteiger partial charge in [-0.2, -0.15) is 18.2 Å². The summed E-state index contributed by atoms with van der Waals surface area (Å²) in [6, 6.07) is 8.74. The molecule has 206 valence electrons. The highest BCUT2D eigenvalue weighted by atomic mass is 32.2. The number of alkyl halides is 3. The second kappa shape index (κ2) is 9.67. The lowest BCUT2D eigenvalue weighted by atomic mass is 9.91. The number of carbonyl (C=O) groups is 1. The van der Waals surface area contributed by atoms with Crippen molar-refractivity contribution in [3.8, 4) is 0 Å². The quantitative estimate of drug-likeness (QED) is 0.436. The van der Waals surface area contributed by atoms with Crippen LogP contribution in [0.1, 0.15) is 54.1 Å². The van der Waals surface area contributed by atoms with E-state index < -0.39 is 27.6 Å². The van der Waals surface area contributed by atoms with Gasteiger partial charge in [0.2, 0.25) is 21.9 Å². The molecule has 2 aromatic heterocycles. The lowest BCUT2D eigenvalue weighted by molar-refractivity contribution is -0.137. The minimum Gasteiger partial charge on any atom is -0.365 e. The molecule has 0 aliphatic carbocycles. The van der Waals surface area contributed by atoms with E-state index in [1.54, 1.807) is 25.1 Å². The molecule has 2 unspecified atom stereocenters. The van der Waals surface area contributed by atoms with Crippen molar-refractivity contribution in [1.29, 1.82) is 0 Å². The van der Waals surface area contributed by atoms with Crippen LogP contribution in [0, 0.1) is 0 Å². The second-order valence-corrected chi connectivity index (χ2v) is 11.5. The Morgan fingerprint density at radius 1 is 1.15 bits per heavy atom. The number of nitrogens with one attached hydrogen (secondary N) is 2. The number of amides is 1. The summed E-state index contributed by atoms with van der Waals surface area (Å²) >= 11 is 0. The van der Waals surface area contributed by atoms with Crippen molar-refractivity contribution in [2.24, 2.45) is 0 Å². The van der Waals surface area contributed by atoms with Crippen molar-refractivity contribution in [2.75, 3.05) is 28.2 Å². The number of hydrogen-bond acceptors (Lipinski definition) is 8. The van der Waals surface area contributed by atoms with E-state index in [1.807, 2.05) is 17.0 Å². The molecule has 39 heavy (non-hydrogen) atoms. The minimum absolute atomic E-state index is 0.00880. The fourth-order valence-corrected chi connectivity index (χ4v) is 5.68. The lowest BCUT2D eigenvalue weighted by Crippen LogP contribution is -2.27. The molecule has 2 aliphatic heterocycles. The highest BCUT2D eigenvalue weighted by Crippen LogP contribution is 2.53. The Morgan fingerprint density at radius 3 is 2.54 bits per heavy atom. The number of halogens is 3. The second-order valence-electron chi connectivity index (χ2n) is 9.53. The molecular weight excluding hydrogens is 535 g/mol. The van der Waals surface area contributed by atoms with E-state index in [1.165, 1.54) is 13.2 Å². The summed E-state index contributed by atoms with van der Waals surface area (Å²) in [5.41, 5.74) is 1.96. The first-order chi connectivity index (χ1) is 18.3. The summed E-state index contributed by atoms with van der Waals surface area (Å²) in [7, 11) is -2.33. The third-order valence-corrected chi connectivity index (χ3v) is 8.18. The largest absolute Gasteiger partial charge is 0.421 e. The monoisotopic (exact) mass is 561 g/mol. The van der Waals surface area contributed by atoms with Crippen LogP contribution in [0.5, 0.6) is 0 Å². The van der Waals surface area contributed by atoms with Crippen molar-refractivity contribution < 1.29 is 26.4 Å². The number of rotatable bonds is 7. The van der Waals surface area contributed by atoms with Crippen molar-refractivity contribution in [3.63, 3.8) is 0 Å². The van der Waals surface area contributed by atoms with Crippen LogP contribution in [0.15, 0.2) is 42.7 Å². The summed E-state index contributed by atoms with van der Waals surface area (Å²) in [5.74, 6) is -0.438. The van der Waals surface area contributed by atoms with E-state index in [9.17, 15) is 26.4 Å². The van der Waals surface area contributed by atoms with Gasteiger partial charge >= 0.3 is 6.18 Å². The van der Waals surface area contributed by atoms with Gasteiger partial charge < -0.3 is 15.5 Å². The first-order valence-corrected chi connectivity index (χ1v) is 13.9. The van der Waals surface area contributed by atoms with Gasteiger partial charge in [-0.15, -0.1) is 0 Å². The molecule has 10 nitrogen and oxygen atoms in total. The predicted octanol–water partition coefficient (Wildman–Crippen LogP) is 4.38. The predicted molar refractivity (Wildman–Crippen MR) is 139 cm³/mol. The maximum atomic E-state index is 13.8. The molecule has 1 saturated heterocycles. The van der Waals surface area contributed by atoms with E-state index in [4.69, 9.17) is 0 Å². The number of pyridine rings is 1. The van der Waals surface area contributed by atoms with Crippen LogP contribution >= 0.6 is 0 Å². The molecule has 3 aromatic rings. The molecule has 0 saturated carbocycles. The van der Waals surface area contributed by atoms with Crippen LogP contribution in [0.3, 0.4) is 0 Å². The van der Waals surface area contributed by atoms with Crippen molar-refractivity contribution >= 4 is 39.2 Å². The van der Waals surface area contributed by atoms with Crippen LogP contribution in [0.2, 0.25) is 0 Å². The number of benzene rings is 1. The molecule has 0 spiro atoms. The number of fused-ring (bicyclic) bond motifs is 5. The fraction of sp³-hybridized carbons (Fsp3) is 0.360. The Kier molecular flexibility index (Phi) is 6.61. The number of aromatic nitrogens is 3. The first-order valence-electron chi connectivity index (χ1n) is 12.1. The van der Waals surface area contributed by atoms with Crippen LogP contribution in [0.25, 0.3) is 0 Å². The smallest absolute Gasteiger partial charge is 0.365 e. The summed E-state index contributed by atoms with van der Waals surface area (Å²) < 4.78 is 66.2. The first kappa shape index (κ1) is 26.7. The zero-order chi connectivity index (χ0) is 28.1. The van der Waals surface area contributed by atoms with Gasteiger partial charge in [-0.3, -0.25) is 9.10 Å². The molecule has 1 aromatic carbocycles. The maximum Gasteiger partial charge on any atom is 0.421 e. The van der Waals surface area contributed by atoms with Gasteiger partial charge in [-0.1, -0.05) is 12.1 Å². The molecule has 1 amide bonds. The molecular formula is C25H26F3N7O3S. The van der Waals surface area contributed by atoms with Crippen LogP contribution in [-0.2, 0) is 27.5 Å². The van der Waals surface area contributed by atoms with Gasteiger partial charge in [0.15, 0.2) is 0 Å². The van der Waals surface area contributed by atoms with Gasteiger partial charge in [0, 0.05) is 44.2 Å². The van der Waals surface area contributed by atoms with Gasteiger partial charge in [0.05, 0.1) is 18.3 Å². The van der Waals surface area contributed by atoms with Gasteiger partial charge in [-0.25, -0.2) is 18.4 Å². The third kappa shape index (κ3) is 5.07. The topological polar surface area (TPSA) is 120 Å². The van der Waals surface area contributed by atoms with Gasteiger partial charge in [0.1, 0.15) is 17.2 Å². The maximum absolute atomic E-state index is 13.8. The fourth-order valence-electron chi connectivity index (χ4n) is 5.21. The van der Waals surface area contributed by atoms with E-state index in [-0.39, 0.29) is 36.3 Å². The molecule has 2 aliphatic rings. The highest BCUT2D eigenvalue weighted by molar-refractivity contribution is 7.92. The van der Waals surface area contributed by atoms with Crippen LogP contribution < -0.4 is 14.9 Å². The third-order valence-electron chi connectivity index (χ3n) is 7.01. The Hall–Kier alpha value is -3.94. The zero-order valence-corrected chi connectivity index (χ0v) is 22.1. The van der Waals surface area contributed by atoms with E-state index in [0.717, 1.165) is 34.5 Å². The normalized spacial score (nSPS) is 18.2. The summed E-state index contributed by atoms with van der Waals surface area (Å²) in [6.07, 6.45) is 0.121. The Balaban J connectivity index is 1.41. The highest BCUT2D eigenvalue weighted by Gasteiger charge is 2.45. The number of carbonyl (C=O) groups excluding carboxylic acids is 1. The van der Waals surface area contributed by atoms with E-state index in [0.29, 0.717) is 17.4 Å². The average Bonchev–Trinajstić information content (AvgIpc) is 3.44. The van der Waals surface area contributed by atoms with Crippen molar-refractivity contribution in [1.82, 2.24) is 19.9 Å².